The van der Waals surface area contributed by atoms with Gasteiger partial charge >= 0.3 is 5.97 Å². The van der Waals surface area contributed by atoms with Crippen LogP contribution in [0.5, 0.6) is 5.75 Å². The van der Waals surface area contributed by atoms with Crippen LogP contribution in [0.2, 0.25) is 0 Å². The highest BCUT2D eigenvalue weighted by Gasteiger charge is 2.24. The lowest BCUT2D eigenvalue weighted by Crippen LogP contribution is -2.10. The van der Waals surface area contributed by atoms with Gasteiger partial charge in [-0.25, -0.2) is 9.18 Å². The zero-order valence-corrected chi connectivity index (χ0v) is 20.4. The Balaban J connectivity index is 1.58. The minimum Gasteiger partial charge on any atom is -0.494 e. The van der Waals surface area contributed by atoms with Crippen molar-refractivity contribution >= 4 is 16.9 Å². The van der Waals surface area contributed by atoms with Crippen LogP contribution in [0.15, 0.2) is 66.7 Å². The Kier molecular flexibility index (Phi) is 7.05. The highest BCUT2D eigenvalue weighted by Crippen LogP contribution is 2.37. The summed E-state index contributed by atoms with van der Waals surface area (Å²) in [5.74, 6) is 0.128. The monoisotopic (exact) mass is 487 g/mol. The molecule has 5 rings (SSSR count). The summed E-state index contributed by atoms with van der Waals surface area (Å²) in [4.78, 5) is 12.6. The molecule has 1 aliphatic rings. The summed E-state index contributed by atoms with van der Waals surface area (Å²) in [6, 6.07) is 19.8. The van der Waals surface area contributed by atoms with Crippen LogP contribution in [0.1, 0.15) is 41.4 Å². The topological polar surface area (TPSA) is 60.7 Å². The lowest BCUT2D eigenvalue weighted by Gasteiger charge is -2.10. The zero-order chi connectivity index (χ0) is 25.1. The number of aromatic nitrogens is 1. The van der Waals surface area contributed by atoms with Crippen molar-refractivity contribution in [3.05, 3.63) is 89.4 Å². The van der Waals surface area contributed by atoms with E-state index in [2.05, 4.69) is 6.07 Å². The van der Waals surface area contributed by atoms with Crippen LogP contribution in [0.3, 0.4) is 0 Å². The first-order chi connectivity index (χ1) is 17.5. The fourth-order valence-corrected chi connectivity index (χ4v) is 4.62. The molecule has 1 heterocycles. The summed E-state index contributed by atoms with van der Waals surface area (Å²) in [6.45, 7) is 4.26. The molecule has 1 saturated carbocycles. The van der Waals surface area contributed by atoms with Crippen LogP contribution >= 0.6 is 0 Å². The summed E-state index contributed by atoms with van der Waals surface area (Å²) >= 11 is 0. The molecule has 1 fully saturated rings. The van der Waals surface area contributed by atoms with Gasteiger partial charge in [-0.1, -0.05) is 30.3 Å². The molecule has 4 aromatic rings. The van der Waals surface area contributed by atoms with Gasteiger partial charge in [0, 0.05) is 29.6 Å². The van der Waals surface area contributed by atoms with Crippen molar-refractivity contribution in [2.75, 3.05) is 19.8 Å². The summed E-state index contributed by atoms with van der Waals surface area (Å²) < 4.78 is 26.7. The molecular weight excluding hydrogens is 457 g/mol. The van der Waals surface area contributed by atoms with Gasteiger partial charge in [-0.05, 0) is 85.2 Å². The number of aromatic carboxylic acids is 1. The molecule has 0 unspecified atom stereocenters. The van der Waals surface area contributed by atoms with Crippen LogP contribution < -0.4 is 4.74 Å². The molecule has 1 aromatic heterocycles. The Labute approximate surface area is 210 Å². The highest BCUT2D eigenvalue weighted by atomic mass is 19.1. The van der Waals surface area contributed by atoms with Crippen LogP contribution in [0.4, 0.5) is 4.39 Å². The van der Waals surface area contributed by atoms with Crippen molar-refractivity contribution in [1.82, 2.24) is 4.57 Å². The van der Waals surface area contributed by atoms with Crippen molar-refractivity contribution in [1.29, 1.82) is 0 Å². The van der Waals surface area contributed by atoms with E-state index in [1.54, 1.807) is 12.1 Å². The van der Waals surface area contributed by atoms with Crippen LogP contribution in [-0.2, 0) is 17.7 Å². The Bertz CT molecular complexity index is 1350. The van der Waals surface area contributed by atoms with E-state index in [0.717, 1.165) is 52.3 Å². The maximum Gasteiger partial charge on any atom is 0.353 e. The molecule has 0 radical (unpaired) electrons. The fraction of sp³-hybridized carbons (Fsp3) is 0.300. The first-order valence-electron chi connectivity index (χ1n) is 12.5. The molecule has 0 aliphatic heterocycles. The summed E-state index contributed by atoms with van der Waals surface area (Å²) in [5, 5.41) is 11.2. The average Bonchev–Trinajstić information content (AvgIpc) is 3.65. The molecule has 0 bridgehead atoms. The van der Waals surface area contributed by atoms with Crippen LogP contribution in [0, 0.1) is 11.7 Å². The number of hydrogen-bond acceptors (Lipinski definition) is 3. The van der Waals surface area contributed by atoms with Crippen molar-refractivity contribution in [3.63, 3.8) is 0 Å². The van der Waals surface area contributed by atoms with Gasteiger partial charge < -0.3 is 19.1 Å². The first kappa shape index (κ1) is 24.1. The van der Waals surface area contributed by atoms with E-state index in [-0.39, 0.29) is 11.5 Å². The standard InChI is InChI=1S/C30H30FNO4/c1-2-36-25-12-8-23(9-13-25)28-26-17-20(15-16-35-19-22-3-4-22)7-14-27(26)32(29(28)30(33)34)18-21-5-10-24(31)11-6-21/h5-14,17,22H,2-4,15-16,18-19H2,1H3,(H,33,34). The summed E-state index contributed by atoms with van der Waals surface area (Å²) in [6.07, 6.45) is 3.28. The SMILES string of the molecule is CCOc1ccc(-c2c(C(=O)O)n(Cc3ccc(F)cc3)c3ccc(CCOCC4CC4)cc23)cc1. The smallest absolute Gasteiger partial charge is 0.353 e. The number of fused-ring (bicyclic) bond motifs is 1. The molecule has 1 aliphatic carbocycles. The average molecular weight is 488 g/mol. The lowest BCUT2D eigenvalue weighted by molar-refractivity contribution is 0.0687. The van der Waals surface area contributed by atoms with E-state index < -0.39 is 5.97 Å². The second-order valence-corrected chi connectivity index (χ2v) is 9.32. The third-order valence-electron chi connectivity index (χ3n) is 6.62. The number of carbonyl (C=O) groups is 1. The Morgan fingerprint density at radius 2 is 1.75 bits per heavy atom. The molecule has 5 nitrogen and oxygen atoms in total. The Morgan fingerprint density at radius 3 is 2.42 bits per heavy atom. The Morgan fingerprint density at radius 1 is 1.03 bits per heavy atom. The first-order valence-corrected chi connectivity index (χ1v) is 12.5. The molecule has 0 saturated heterocycles. The highest BCUT2D eigenvalue weighted by molar-refractivity contribution is 6.08. The number of carboxylic acid groups (broad SMARTS) is 1. The van der Waals surface area contributed by atoms with Gasteiger partial charge in [0.15, 0.2) is 0 Å². The number of ether oxygens (including phenoxy) is 2. The third-order valence-corrected chi connectivity index (χ3v) is 6.62. The van der Waals surface area contributed by atoms with Gasteiger partial charge in [0.2, 0.25) is 0 Å². The molecular formula is C30H30FNO4. The molecule has 1 N–H and O–H groups in total. The van der Waals surface area contributed by atoms with Gasteiger partial charge in [-0.15, -0.1) is 0 Å². The van der Waals surface area contributed by atoms with Crippen molar-refractivity contribution in [2.45, 2.75) is 32.7 Å². The number of rotatable bonds is 11. The Hall–Kier alpha value is -3.64. The predicted molar refractivity (Wildman–Crippen MR) is 138 cm³/mol. The minimum absolute atomic E-state index is 0.209. The van der Waals surface area contributed by atoms with Gasteiger partial charge in [-0.3, -0.25) is 0 Å². The predicted octanol–water partition coefficient (Wildman–Crippen LogP) is 6.56. The van der Waals surface area contributed by atoms with Crippen molar-refractivity contribution < 1.29 is 23.8 Å². The van der Waals surface area contributed by atoms with Crippen LogP contribution in [0.25, 0.3) is 22.0 Å². The molecule has 0 atom stereocenters. The number of halogens is 1. The second kappa shape index (κ2) is 10.5. The number of nitrogens with zero attached hydrogens (tertiary/aromatic N) is 1. The van der Waals surface area contributed by atoms with Crippen molar-refractivity contribution in [2.24, 2.45) is 5.92 Å². The van der Waals surface area contributed by atoms with E-state index in [4.69, 9.17) is 9.47 Å². The van der Waals surface area contributed by atoms with Gasteiger partial charge in [0.1, 0.15) is 17.3 Å². The maximum absolute atomic E-state index is 13.5. The zero-order valence-electron chi connectivity index (χ0n) is 20.4. The number of benzene rings is 3. The van der Waals surface area contributed by atoms with Crippen LogP contribution in [-0.4, -0.2) is 35.5 Å². The van der Waals surface area contributed by atoms with E-state index >= 15 is 0 Å². The van der Waals surface area contributed by atoms with E-state index in [1.165, 1.54) is 25.0 Å². The molecule has 0 amide bonds. The quantitative estimate of drug-likeness (QED) is 0.243. The van der Waals surface area contributed by atoms with Gasteiger partial charge in [0.25, 0.3) is 0 Å². The molecule has 36 heavy (non-hydrogen) atoms. The van der Waals surface area contributed by atoms with E-state index in [9.17, 15) is 14.3 Å². The van der Waals surface area contributed by atoms with Crippen molar-refractivity contribution in [3.8, 4) is 16.9 Å². The van der Waals surface area contributed by atoms with E-state index in [1.807, 2.05) is 47.9 Å². The normalized spacial score (nSPS) is 13.3. The summed E-state index contributed by atoms with van der Waals surface area (Å²) in [5.41, 5.74) is 4.43. The molecule has 186 valence electrons. The second-order valence-electron chi connectivity index (χ2n) is 9.32. The van der Waals surface area contributed by atoms with E-state index in [0.29, 0.717) is 25.3 Å². The largest absolute Gasteiger partial charge is 0.494 e. The fourth-order valence-electron chi connectivity index (χ4n) is 4.62. The maximum atomic E-state index is 13.5. The molecule has 0 spiro atoms. The minimum atomic E-state index is -1.01. The van der Waals surface area contributed by atoms with Gasteiger partial charge in [0.05, 0.1) is 13.2 Å². The lowest BCUT2D eigenvalue weighted by atomic mass is 9.99. The van der Waals surface area contributed by atoms with Gasteiger partial charge in [-0.2, -0.15) is 0 Å². The number of hydrogen-bond donors (Lipinski definition) is 1. The molecule has 6 heteroatoms. The summed E-state index contributed by atoms with van der Waals surface area (Å²) in [7, 11) is 0. The number of carboxylic acids is 1. The molecule has 3 aromatic carbocycles. The third kappa shape index (κ3) is 5.29.